The predicted molar refractivity (Wildman–Crippen MR) is 86.4 cm³/mol. The van der Waals surface area contributed by atoms with Gasteiger partial charge in [-0.05, 0) is 25.2 Å². The highest BCUT2D eigenvalue weighted by Crippen LogP contribution is 2.17. The Balaban J connectivity index is 0.00000162. The molecule has 0 unspecified atom stereocenters. The fraction of sp³-hybridized carbons (Fsp3) is 0.462. The molecule has 108 valence electrons. The van der Waals surface area contributed by atoms with Crippen LogP contribution in [0, 0.1) is 0 Å². The minimum absolute atomic E-state index is 0. The summed E-state index contributed by atoms with van der Waals surface area (Å²) in [6.07, 6.45) is 0. The van der Waals surface area contributed by atoms with Crippen molar-refractivity contribution >= 4 is 41.8 Å². The number of anilines is 1. The molecular formula is C13H22Cl2N4. The van der Waals surface area contributed by atoms with Crippen LogP contribution in [0.25, 0.3) is 11.0 Å². The molecule has 2 rings (SSSR count). The van der Waals surface area contributed by atoms with Crippen LogP contribution in [-0.4, -0.2) is 34.1 Å². The molecule has 0 saturated heterocycles. The number of hydrogen-bond acceptors (Lipinski definition) is 3. The first-order valence-electron chi connectivity index (χ1n) is 6.19. The van der Waals surface area contributed by atoms with Crippen molar-refractivity contribution in [3.05, 3.63) is 24.3 Å². The van der Waals surface area contributed by atoms with Crippen LogP contribution in [0.2, 0.25) is 0 Å². The average molecular weight is 305 g/mol. The van der Waals surface area contributed by atoms with E-state index in [4.69, 9.17) is 5.73 Å². The summed E-state index contributed by atoms with van der Waals surface area (Å²) in [7, 11) is 0. The lowest BCUT2D eigenvalue weighted by Crippen LogP contribution is -2.27. The zero-order chi connectivity index (χ0) is 12.3. The van der Waals surface area contributed by atoms with E-state index in [-0.39, 0.29) is 24.8 Å². The molecule has 0 atom stereocenters. The van der Waals surface area contributed by atoms with E-state index in [0.717, 1.165) is 37.2 Å². The number of hydrogen-bond donors (Lipinski definition) is 1. The van der Waals surface area contributed by atoms with Crippen LogP contribution in [0.15, 0.2) is 24.3 Å². The van der Waals surface area contributed by atoms with Crippen LogP contribution in [0.1, 0.15) is 13.8 Å². The van der Waals surface area contributed by atoms with Crippen LogP contribution in [0.3, 0.4) is 0 Å². The molecule has 0 aliphatic rings. The zero-order valence-electron chi connectivity index (χ0n) is 11.4. The molecule has 2 N–H and O–H groups in total. The monoisotopic (exact) mass is 304 g/mol. The fourth-order valence-electron chi connectivity index (χ4n) is 2.11. The molecule has 1 aromatic heterocycles. The quantitative estimate of drug-likeness (QED) is 0.924. The molecule has 0 spiro atoms. The third kappa shape index (κ3) is 4.00. The standard InChI is InChI=1S/C13H20N4.2ClH/c1-3-16(4-2)9-10-17-12-8-6-5-7-11(12)15-13(17)14;;/h5-8H,3-4,9-10H2,1-2H3,(H2,14,15);2*1H. The highest BCUT2D eigenvalue weighted by molar-refractivity contribution is 5.85. The number of nitrogens with two attached hydrogens (primary N) is 1. The molecule has 6 heteroatoms. The highest BCUT2D eigenvalue weighted by atomic mass is 35.5. The number of para-hydroxylation sites is 2. The summed E-state index contributed by atoms with van der Waals surface area (Å²) in [5.74, 6) is 0.610. The van der Waals surface area contributed by atoms with Gasteiger partial charge in [0.05, 0.1) is 11.0 Å². The number of aromatic nitrogens is 2. The van der Waals surface area contributed by atoms with E-state index in [1.165, 1.54) is 0 Å². The molecule has 1 heterocycles. The van der Waals surface area contributed by atoms with Gasteiger partial charge in [-0.15, -0.1) is 24.8 Å². The third-order valence-electron chi connectivity index (χ3n) is 3.22. The van der Waals surface area contributed by atoms with Gasteiger partial charge in [0.15, 0.2) is 0 Å². The van der Waals surface area contributed by atoms with Crippen LogP contribution in [0.4, 0.5) is 5.95 Å². The number of nitrogen functional groups attached to an aromatic ring is 1. The Morgan fingerprint density at radius 2 is 1.79 bits per heavy atom. The summed E-state index contributed by atoms with van der Waals surface area (Å²) >= 11 is 0. The van der Waals surface area contributed by atoms with Gasteiger partial charge in [0.2, 0.25) is 5.95 Å². The summed E-state index contributed by atoms with van der Waals surface area (Å²) in [6, 6.07) is 8.08. The number of likely N-dealkylation sites (N-methyl/N-ethyl adjacent to an activating group) is 1. The minimum atomic E-state index is 0. The number of halogens is 2. The van der Waals surface area contributed by atoms with Gasteiger partial charge in [0.25, 0.3) is 0 Å². The van der Waals surface area contributed by atoms with Crippen LogP contribution in [-0.2, 0) is 6.54 Å². The Morgan fingerprint density at radius 1 is 1.16 bits per heavy atom. The first-order chi connectivity index (χ1) is 8.26. The van der Waals surface area contributed by atoms with Crippen molar-refractivity contribution in [3.63, 3.8) is 0 Å². The van der Waals surface area contributed by atoms with Gasteiger partial charge in [-0.1, -0.05) is 26.0 Å². The largest absolute Gasteiger partial charge is 0.369 e. The molecule has 1 aromatic carbocycles. The molecule has 19 heavy (non-hydrogen) atoms. The van der Waals surface area contributed by atoms with Gasteiger partial charge >= 0.3 is 0 Å². The SMILES string of the molecule is CCN(CC)CCn1c(N)nc2ccccc21.Cl.Cl. The molecule has 0 aliphatic heterocycles. The lowest BCUT2D eigenvalue weighted by atomic mass is 10.3. The molecule has 0 saturated carbocycles. The first-order valence-corrected chi connectivity index (χ1v) is 6.19. The Labute approximate surface area is 126 Å². The first kappa shape index (κ1) is 18.0. The normalized spacial score (nSPS) is 10.3. The van der Waals surface area contributed by atoms with Crippen molar-refractivity contribution in [3.8, 4) is 0 Å². The molecule has 2 aromatic rings. The van der Waals surface area contributed by atoms with Crippen molar-refractivity contribution in [1.29, 1.82) is 0 Å². The predicted octanol–water partition coefficient (Wildman–Crippen LogP) is 2.80. The smallest absolute Gasteiger partial charge is 0.201 e. The second-order valence-corrected chi connectivity index (χ2v) is 4.14. The number of imidazole rings is 1. The van der Waals surface area contributed by atoms with Crippen molar-refractivity contribution in [2.24, 2.45) is 0 Å². The maximum atomic E-state index is 5.96. The second-order valence-electron chi connectivity index (χ2n) is 4.14. The lowest BCUT2D eigenvalue weighted by molar-refractivity contribution is 0.292. The Hall–Kier alpha value is -0.970. The summed E-state index contributed by atoms with van der Waals surface area (Å²) in [6.45, 7) is 8.41. The molecule has 0 aliphatic carbocycles. The highest BCUT2D eigenvalue weighted by Gasteiger charge is 2.08. The third-order valence-corrected chi connectivity index (χ3v) is 3.22. The van der Waals surface area contributed by atoms with Gasteiger partial charge in [-0.3, -0.25) is 0 Å². The van der Waals surface area contributed by atoms with Crippen LogP contribution < -0.4 is 5.73 Å². The lowest BCUT2D eigenvalue weighted by Gasteiger charge is -2.18. The maximum absolute atomic E-state index is 5.96. The summed E-state index contributed by atoms with van der Waals surface area (Å²) in [4.78, 5) is 6.75. The topological polar surface area (TPSA) is 47.1 Å². The van der Waals surface area contributed by atoms with E-state index >= 15 is 0 Å². The Kier molecular flexibility index (Phi) is 7.83. The number of rotatable bonds is 5. The van der Waals surface area contributed by atoms with E-state index in [9.17, 15) is 0 Å². The maximum Gasteiger partial charge on any atom is 0.201 e. The Bertz CT molecular complexity index is 494. The summed E-state index contributed by atoms with van der Waals surface area (Å²) < 4.78 is 2.09. The summed E-state index contributed by atoms with van der Waals surface area (Å²) in [5.41, 5.74) is 8.05. The number of benzene rings is 1. The van der Waals surface area contributed by atoms with Gasteiger partial charge in [0.1, 0.15) is 0 Å². The zero-order valence-corrected chi connectivity index (χ0v) is 13.0. The van der Waals surface area contributed by atoms with Gasteiger partial charge < -0.3 is 15.2 Å². The van der Waals surface area contributed by atoms with Gasteiger partial charge in [0, 0.05) is 13.1 Å². The van der Waals surface area contributed by atoms with Crippen molar-refractivity contribution in [1.82, 2.24) is 14.5 Å². The average Bonchev–Trinajstić information content (AvgIpc) is 2.67. The van der Waals surface area contributed by atoms with E-state index in [1.807, 2.05) is 18.2 Å². The minimum Gasteiger partial charge on any atom is -0.369 e. The van der Waals surface area contributed by atoms with E-state index in [2.05, 4.69) is 34.4 Å². The Morgan fingerprint density at radius 3 is 2.42 bits per heavy atom. The van der Waals surface area contributed by atoms with Crippen molar-refractivity contribution in [2.75, 3.05) is 25.4 Å². The van der Waals surface area contributed by atoms with Crippen molar-refractivity contribution in [2.45, 2.75) is 20.4 Å². The molecular weight excluding hydrogens is 283 g/mol. The second kappa shape index (κ2) is 8.25. The number of nitrogens with zero attached hydrogens (tertiary/aromatic N) is 3. The van der Waals surface area contributed by atoms with E-state index < -0.39 is 0 Å². The molecule has 4 nitrogen and oxygen atoms in total. The van der Waals surface area contributed by atoms with Gasteiger partial charge in [-0.2, -0.15) is 0 Å². The van der Waals surface area contributed by atoms with Crippen LogP contribution in [0.5, 0.6) is 0 Å². The summed E-state index contributed by atoms with van der Waals surface area (Å²) in [5, 5.41) is 0. The van der Waals surface area contributed by atoms with Gasteiger partial charge in [-0.25, -0.2) is 4.98 Å². The molecule has 0 fully saturated rings. The van der Waals surface area contributed by atoms with Crippen molar-refractivity contribution < 1.29 is 0 Å². The van der Waals surface area contributed by atoms with Crippen LogP contribution >= 0.6 is 24.8 Å². The van der Waals surface area contributed by atoms with E-state index in [1.54, 1.807) is 0 Å². The molecule has 0 amide bonds. The number of fused-ring (bicyclic) bond motifs is 1. The van der Waals surface area contributed by atoms with E-state index in [0.29, 0.717) is 5.95 Å². The fourth-order valence-corrected chi connectivity index (χ4v) is 2.11. The molecule has 0 radical (unpaired) electrons. The molecule has 0 bridgehead atoms.